The lowest BCUT2D eigenvalue weighted by Gasteiger charge is -2.39. The summed E-state index contributed by atoms with van der Waals surface area (Å²) in [5.74, 6) is 0.965. The number of aromatic hydroxyl groups is 1. The quantitative estimate of drug-likeness (QED) is 0.840. The molecule has 124 valence electrons. The molecule has 0 amide bonds. The van der Waals surface area contributed by atoms with Crippen LogP contribution >= 0.6 is 11.6 Å². The number of pyridine rings is 1. The summed E-state index contributed by atoms with van der Waals surface area (Å²) in [6.07, 6.45) is 5.31. The first kappa shape index (κ1) is 16.5. The van der Waals surface area contributed by atoms with Gasteiger partial charge in [0.15, 0.2) is 0 Å². The van der Waals surface area contributed by atoms with Crippen LogP contribution in [0.25, 0.3) is 10.9 Å². The van der Waals surface area contributed by atoms with E-state index in [4.69, 9.17) is 11.6 Å². The molecule has 1 aromatic heterocycles. The van der Waals surface area contributed by atoms with Crippen molar-refractivity contribution in [1.29, 1.82) is 0 Å². The van der Waals surface area contributed by atoms with Gasteiger partial charge in [0.25, 0.3) is 0 Å². The Balaban J connectivity index is 1.78. The molecule has 1 aliphatic rings. The van der Waals surface area contributed by atoms with Crippen molar-refractivity contribution in [3.63, 3.8) is 0 Å². The monoisotopic (exact) mass is 332 g/mol. The largest absolute Gasteiger partial charge is 0.505 e. The van der Waals surface area contributed by atoms with Gasteiger partial charge >= 0.3 is 0 Å². The molecule has 0 radical (unpaired) electrons. The minimum absolute atomic E-state index is 0.237. The number of nitrogens with one attached hydrogen (secondary N) is 1. The smallest absolute Gasteiger partial charge is 0.146 e. The minimum Gasteiger partial charge on any atom is -0.505 e. The molecular formula is C19H25ClN2O. The van der Waals surface area contributed by atoms with Crippen LogP contribution < -0.4 is 5.32 Å². The van der Waals surface area contributed by atoms with Crippen LogP contribution in [0.4, 0.5) is 0 Å². The van der Waals surface area contributed by atoms with Crippen molar-refractivity contribution in [2.75, 3.05) is 0 Å². The van der Waals surface area contributed by atoms with Gasteiger partial charge in [0.05, 0.1) is 5.02 Å². The Morgan fingerprint density at radius 3 is 2.91 bits per heavy atom. The fourth-order valence-corrected chi connectivity index (χ4v) is 4.41. The van der Waals surface area contributed by atoms with E-state index in [-0.39, 0.29) is 5.75 Å². The van der Waals surface area contributed by atoms with Crippen molar-refractivity contribution >= 4 is 22.5 Å². The lowest BCUT2D eigenvalue weighted by molar-refractivity contribution is 0.150. The second-order valence-electron chi connectivity index (χ2n) is 7.76. The zero-order valence-electron chi connectivity index (χ0n) is 14.1. The number of nitrogens with zero attached hydrogens (tertiary/aromatic N) is 1. The van der Waals surface area contributed by atoms with Crippen LogP contribution in [0.3, 0.4) is 0 Å². The number of hydrogen-bond acceptors (Lipinski definition) is 3. The first-order chi connectivity index (χ1) is 10.9. The lowest BCUT2D eigenvalue weighted by Crippen LogP contribution is -2.39. The molecule has 23 heavy (non-hydrogen) atoms. The van der Waals surface area contributed by atoms with E-state index in [0.717, 1.165) is 23.3 Å². The third-order valence-corrected chi connectivity index (χ3v) is 5.18. The number of phenolic OH excluding ortho intramolecular Hbond substituents is 1. The van der Waals surface area contributed by atoms with Gasteiger partial charge in [0.1, 0.15) is 11.3 Å². The summed E-state index contributed by atoms with van der Waals surface area (Å²) in [7, 11) is 0. The van der Waals surface area contributed by atoms with E-state index in [1.54, 1.807) is 6.20 Å². The summed E-state index contributed by atoms with van der Waals surface area (Å²) < 4.78 is 0. The maximum atomic E-state index is 10.5. The molecule has 0 bridgehead atoms. The lowest BCUT2D eigenvalue weighted by atomic mass is 9.70. The van der Waals surface area contributed by atoms with Gasteiger partial charge in [-0.05, 0) is 48.8 Å². The molecule has 1 fully saturated rings. The Labute approximate surface area is 143 Å². The van der Waals surface area contributed by atoms with E-state index >= 15 is 0 Å². The van der Waals surface area contributed by atoms with Crippen molar-refractivity contribution < 1.29 is 5.11 Å². The summed E-state index contributed by atoms with van der Waals surface area (Å²) in [4.78, 5) is 4.27. The van der Waals surface area contributed by atoms with E-state index < -0.39 is 0 Å². The number of phenols is 1. The van der Waals surface area contributed by atoms with Gasteiger partial charge in [-0.1, -0.05) is 32.4 Å². The summed E-state index contributed by atoms with van der Waals surface area (Å²) in [5, 5.41) is 15.5. The number of aromatic nitrogens is 1. The third-order valence-electron chi connectivity index (χ3n) is 4.86. The Kier molecular flexibility index (Phi) is 4.52. The van der Waals surface area contributed by atoms with Gasteiger partial charge < -0.3 is 10.4 Å². The van der Waals surface area contributed by atoms with Gasteiger partial charge in [-0.2, -0.15) is 0 Å². The van der Waals surface area contributed by atoms with Crippen molar-refractivity contribution in [2.24, 2.45) is 11.3 Å². The molecule has 3 nitrogen and oxygen atoms in total. The highest BCUT2D eigenvalue weighted by molar-refractivity contribution is 6.35. The first-order valence-corrected chi connectivity index (χ1v) is 8.72. The van der Waals surface area contributed by atoms with Crippen LogP contribution in [0.15, 0.2) is 24.4 Å². The topological polar surface area (TPSA) is 45.2 Å². The van der Waals surface area contributed by atoms with Crippen molar-refractivity contribution in [1.82, 2.24) is 10.3 Å². The molecule has 1 saturated carbocycles. The van der Waals surface area contributed by atoms with Crippen LogP contribution in [-0.2, 0) is 6.54 Å². The Bertz CT molecular complexity index is 714. The SMILES string of the molecule is CC1CC(NCc2cc(Cl)c3cccnc3c2O)CC(C)(C)C1. The van der Waals surface area contributed by atoms with Crippen molar-refractivity contribution in [3.05, 3.63) is 35.0 Å². The highest BCUT2D eigenvalue weighted by Crippen LogP contribution is 2.39. The van der Waals surface area contributed by atoms with Crippen LogP contribution in [0, 0.1) is 11.3 Å². The number of rotatable bonds is 3. The maximum absolute atomic E-state index is 10.5. The van der Waals surface area contributed by atoms with E-state index in [2.05, 4.69) is 31.1 Å². The number of benzene rings is 1. The summed E-state index contributed by atoms with van der Waals surface area (Å²) >= 11 is 6.35. The average molecular weight is 333 g/mol. The number of halogens is 1. The first-order valence-electron chi connectivity index (χ1n) is 8.34. The predicted octanol–water partition coefficient (Wildman–Crippen LogP) is 4.90. The number of hydrogen-bond donors (Lipinski definition) is 2. The Morgan fingerprint density at radius 2 is 2.17 bits per heavy atom. The average Bonchev–Trinajstić information content (AvgIpc) is 2.47. The van der Waals surface area contributed by atoms with E-state index in [9.17, 15) is 5.11 Å². The second kappa shape index (κ2) is 6.29. The highest BCUT2D eigenvalue weighted by Gasteiger charge is 2.31. The Hall–Kier alpha value is -1.32. The zero-order chi connectivity index (χ0) is 16.6. The molecule has 2 N–H and O–H groups in total. The minimum atomic E-state index is 0.237. The predicted molar refractivity (Wildman–Crippen MR) is 95.8 cm³/mol. The fourth-order valence-electron chi connectivity index (χ4n) is 4.13. The molecule has 0 saturated heterocycles. The van der Waals surface area contributed by atoms with Gasteiger partial charge in [0, 0.05) is 29.7 Å². The van der Waals surface area contributed by atoms with Gasteiger partial charge in [0.2, 0.25) is 0 Å². The molecule has 2 unspecified atom stereocenters. The van der Waals surface area contributed by atoms with Gasteiger partial charge in [-0.3, -0.25) is 4.98 Å². The van der Waals surface area contributed by atoms with Gasteiger partial charge in [-0.25, -0.2) is 0 Å². The molecule has 3 rings (SSSR count). The van der Waals surface area contributed by atoms with E-state index in [0.29, 0.717) is 28.5 Å². The summed E-state index contributed by atoms with van der Waals surface area (Å²) in [6, 6.07) is 6.04. The molecule has 1 heterocycles. The zero-order valence-corrected chi connectivity index (χ0v) is 14.8. The Morgan fingerprint density at radius 1 is 1.39 bits per heavy atom. The van der Waals surface area contributed by atoms with Gasteiger partial charge in [-0.15, -0.1) is 0 Å². The molecule has 0 spiro atoms. The van der Waals surface area contributed by atoms with Crippen LogP contribution in [-0.4, -0.2) is 16.1 Å². The standard InChI is InChI=1S/C19H25ClN2O/c1-12-7-14(10-19(2,3)9-12)22-11-13-8-16(20)15-5-4-6-21-17(15)18(13)23/h4-6,8,12,14,22-23H,7,9-11H2,1-3H3. The normalized spacial score (nSPS) is 24.0. The van der Waals surface area contributed by atoms with E-state index in [1.165, 1.54) is 12.8 Å². The summed E-state index contributed by atoms with van der Waals surface area (Å²) in [5.41, 5.74) is 1.77. The molecule has 0 aliphatic heterocycles. The van der Waals surface area contributed by atoms with Crippen molar-refractivity contribution in [2.45, 2.75) is 52.6 Å². The van der Waals surface area contributed by atoms with Crippen LogP contribution in [0.1, 0.15) is 45.6 Å². The molecular weight excluding hydrogens is 308 g/mol. The molecule has 2 aromatic rings. The second-order valence-corrected chi connectivity index (χ2v) is 8.16. The van der Waals surface area contributed by atoms with E-state index in [1.807, 2.05) is 18.2 Å². The van der Waals surface area contributed by atoms with Crippen LogP contribution in [0.2, 0.25) is 5.02 Å². The highest BCUT2D eigenvalue weighted by atomic mass is 35.5. The molecule has 1 aliphatic carbocycles. The maximum Gasteiger partial charge on any atom is 0.146 e. The third kappa shape index (κ3) is 3.61. The molecule has 2 atom stereocenters. The summed E-state index contributed by atoms with van der Waals surface area (Å²) in [6.45, 7) is 7.62. The number of fused-ring (bicyclic) bond motifs is 1. The molecule has 4 heteroatoms. The van der Waals surface area contributed by atoms with Crippen molar-refractivity contribution in [3.8, 4) is 5.75 Å². The van der Waals surface area contributed by atoms with Crippen LogP contribution in [0.5, 0.6) is 5.75 Å². The fraction of sp³-hybridized carbons (Fsp3) is 0.526. The molecule has 1 aromatic carbocycles.